The third-order valence-electron chi connectivity index (χ3n) is 3.97. The molecule has 1 aromatic carbocycles. The van der Waals surface area contributed by atoms with Crippen LogP contribution in [0.5, 0.6) is 5.75 Å². The van der Waals surface area contributed by atoms with E-state index >= 15 is 0 Å². The number of aryl methyl sites for hydroxylation is 2. The third-order valence-corrected chi connectivity index (χ3v) is 3.97. The molecule has 1 saturated carbocycles. The maximum atomic E-state index is 9.03. The van der Waals surface area contributed by atoms with Crippen LogP contribution >= 0.6 is 0 Å². The zero-order valence-corrected chi connectivity index (χ0v) is 13.6. The van der Waals surface area contributed by atoms with E-state index in [-0.39, 0.29) is 5.41 Å². The molecule has 114 valence electrons. The van der Waals surface area contributed by atoms with Gasteiger partial charge in [0.2, 0.25) is 0 Å². The van der Waals surface area contributed by atoms with Crippen molar-refractivity contribution in [3.8, 4) is 11.8 Å². The van der Waals surface area contributed by atoms with Gasteiger partial charge in [-0.25, -0.2) is 0 Å². The van der Waals surface area contributed by atoms with E-state index in [1.165, 1.54) is 29.5 Å². The van der Waals surface area contributed by atoms with Crippen molar-refractivity contribution in [2.75, 3.05) is 6.61 Å². The van der Waals surface area contributed by atoms with Gasteiger partial charge < -0.3 is 10.1 Å². The Labute approximate surface area is 128 Å². The molecule has 1 aromatic rings. The smallest absolute Gasteiger partial charge is 0.125 e. The van der Waals surface area contributed by atoms with Gasteiger partial charge in [0.05, 0.1) is 18.1 Å². The molecule has 0 atom stereocenters. The molecule has 1 N–H and O–H groups in total. The van der Waals surface area contributed by atoms with Crippen LogP contribution in [-0.4, -0.2) is 12.6 Å². The number of hydrogen-bond donors (Lipinski definition) is 1. The van der Waals surface area contributed by atoms with Gasteiger partial charge in [0.25, 0.3) is 0 Å². The van der Waals surface area contributed by atoms with Gasteiger partial charge in [-0.15, -0.1) is 0 Å². The lowest BCUT2D eigenvalue weighted by Crippen LogP contribution is -2.16. The highest BCUT2D eigenvalue weighted by atomic mass is 16.5. The molecule has 1 fully saturated rings. The van der Waals surface area contributed by atoms with E-state index in [0.29, 0.717) is 6.61 Å². The van der Waals surface area contributed by atoms with Gasteiger partial charge in [-0.1, -0.05) is 12.1 Å². The molecule has 1 aliphatic rings. The van der Waals surface area contributed by atoms with E-state index in [2.05, 4.69) is 37.4 Å². The first-order valence-corrected chi connectivity index (χ1v) is 7.79. The Morgan fingerprint density at radius 2 is 1.90 bits per heavy atom. The zero-order chi connectivity index (χ0) is 15.5. The van der Waals surface area contributed by atoms with Crippen molar-refractivity contribution in [2.45, 2.75) is 59.5 Å². The summed E-state index contributed by atoms with van der Waals surface area (Å²) in [7, 11) is 0. The summed E-state index contributed by atoms with van der Waals surface area (Å²) < 4.78 is 5.93. The minimum Gasteiger partial charge on any atom is -0.493 e. The Hall–Kier alpha value is -1.53. The summed E-state index contributed by atoms with van der Waals surface area (Å²) in [6.07, 6.45) is 3.37. The monoisotopic (exact) mass is 286 g/mol. The fraction of sp³-hybridized carbons (Fsp3) is 0.611. The average molecular weight is 286 g/mol. The third kappa shape index (κ3) is 4.75. The molecule has 21 heavy (non-hydrogen) atoms. The Balaban J connectivity index is 1.94. The zero-order valence-electron chi connectivity index (χ0n) is 13.6. The van der Waals surface area contributed by atoms with E-state index in [9.17, 15) is 0 Å². The Morgan fingerprint density at radius 1 is 1.29 bits per heavy atom. The molecular formula is C18H26N2O. The number of nitriles is 1. The summed E-state index contributed by atoms with van der Waals surface area (Å²) in [5.74, 6) is 0.971. The molecule has 0 aliphatic heterocycles. The summed E-state index contributed by atoms with van der Waals surface area (Å²) in [5, 5.41) is 12.6. The molecule has 3 heteroatoms. The van der Waals surface area contributed by atoms with Gasteiger partial charge in [-0.05, 0) is 63.6 Å². The van der Waals surface area contributed by atoms with Crippen LogP contribution in [0.1, 0.15) is 49.8 Å². The lowest BCUT2D eigenvalue weighted by Gasteiger charge is -2.18. The van der Waals surface area contributed by atoms with Gasteiger partial charge in [0.1, 0.15) is 5.75 Å². The molecule has 0 heterocycles. The average Bonchev–Trinajstić information content (AvgIpc) is 3.23. The summed E-state index contributed by atoms with van der Waals surface area (Å²) in [6.45, 7) is 9.61. The van der Waals surface area contributed by atoms with Crippen LogP contribution in [0.4, 0.5) is 0 Å². The van der Waals surface area contributed by atoms with Gasteiger partial charge in [0.15, 0.2) is 0 Å². The predicted octanol–water partition coefficient (Wildman–Crippen LogP) is 3.87. The number of nitrogens with one attached hydrogen (secondary N) is 1. The molecule has 2 rings (SSSR count). The van der Waals surface area contributed by atoms with E-state index in [0.717, 1.165) is 24.8 Å². The normalized spacial score (nSPS) is 14.8. The highest BCUT2D eigenvalue weighted by Gasteiger charge is 2.20. The molecule has 0 spiro atoms. The minimum atomic E-state index is -0.323. The molecule has 0 bridgehead atoms. The van der Waals surface area contributed by atoms with Gasteiger partial charge in [-0.3, -0.25) is 0 Å². The van der Waals surface area contributed by atoms with Crippen molar-refractivity contribution in [1.29, 1.82) is 5.26 Å². The lowest BCUT2D eigenvalue weighted by atomic mass is 9.92. The first kappa shape index (κ1) is 15.9. The molecule has 0 saturated heterocycles. The van der Waals surface area contributed by atoms with Crippen LogP contribution in [0.15, 0.2) is 12.1 Å². The van der Waals surface area contributed by atoms with Gasteiger partial charge >= 0.3 is 0 Å². The lowest BCUT2D eigenvalue weighted by molar-refractivity contribution is 0.261. The van der Waals surface area contributed by atoms with Crippen LogP contribution < -0.4 is 10.1 Å². The van der Waals surface area contributed by atoms with Crippen LogP contribution in [-0.2, 0) is 6.54 Å². The van der Waals surface area contributed by atoms with E-state index < -0.39 is 0 Å². The maximum Gasteiger partial charge on any atom is 0.125 e. The first-order valence-electron chi connectivity index (χ1n) is 7.79. The molecule has 0 unspecified atom stereocenters. The predicted molar refractivity (Wildman–Crippen MR) is 85.3 cm³/mol. The van der Waals surface area contributed by atoms with E-state index in [1.807, 2.05) is 13.8 Å². The van der Waals surface area contributed by atoms with Crippen molar-refractivity contribution >= 4 is 0 Å². The first-order chi connectivity index (χ1) is 9.91. The topological polar surface area (TPSA) is 45.0 Å². The van der Waals surface area contributed by atoms with Crippen LogP contribution in [0.25, 0.3) is 0 Å². The van der Waals surface area contributed by atoms with E-state index in [4.69, 9.17) is 10.00 Å². The van der Waals surface area contributed by atoms with Crippen molar-refractivity contribution < 1.29 is 4.74 Å². The molecule has 0 radical (unpaired) electrons. The van der Waals surface area contributed by atoms with Gasteiger partial charge in [0, 0.05) is 12.6 Å². The van der Waals surface area contributed by atoms with Crippen molar-refractivity contribution in [1.82, 2.24) is 5.32 Å². The fourth-order valence-corrected chi connectivity index (χ4v) is 2.38. The summed E-state index contributed by atoms with van der Waals surface area (Å²) in [4.78, 5) is 0. The van der Waals surface area contributed by atoms with Crippen molar-refractivity contribution in [3.05, 3.63) is 28.8 Å². The van der Waals surface area contributed by atoms with Crippen LogP contribution in [0, 0.1) is 30.6 Å². The maximum absolute atomic E-state index is 9.03. The number of benzene rings is 1. The Kier molecular flexibility index (Phi) is 4.90. The number of rotatable bonds is 7. The molecule has 3 nitrogen and oxygen atoms in total. The number of hydrogen-bond acceptors (Lipinski definition) is 3. The van der Waals surface area contributed by atoms with Gasteiger partial charge in [-0.2, -0.15) is 5.26 Å². The fourth-order valence-electron chi connectivity index (χ4n) is 2.38. The van der Waals surface area contributed by atoms with Crippen molar-refractivity contribution in [2.24, 2.45) is 5.41 Å². The van der Waals surface area contributed by atoms with Crippen molar-refractivity contribution in [3.63, 3.8) is 0 Å². The second-order valence-electron chi connectivity index (χ2n) is 6.81. The highest BCUT2D eigenvalue weighted by Crippen LogP contribution is 2.27. The Morgan fingerprint density at radius 3 is 2.43 bits per heavy atom. The van der Waals surface area contributed by atoms with Crippen LogP contribution in [0.2, 0.25) is 0 Å². The largest absolute Gasteiger partial charge is 0.493 e. The summed E-state index contributed by atoms with van der Waals surface area (Å²) in [5.41, 5.74) is 3.35. The highest BCUT2D eigenvalue weighted by molar-refractivity contribution is 5.43. The standard InChI is InChI=1S/C18H26N2O/c1-13-9-15(11-20-16-5-6-16)10-14(2)17(13)21-8-7-18(3,4)12-19/h9-10,16,20H,5-8,11H2,1-4H3. The number of ether oxygens (including phenoxy) is 1. The minimum absolute atomic E-state index is 0.323. The molecule has 1 aliphatic carbocycles. The molecule has 0 aromatic heterocycles. The Bertz CT molecular complexity index is 516. The van der Waals surface area contributed by atoms with Crippen LogP contribution in [0.3, 0.4) is 0 Å². The summed E-state index contributed by atoms with van der Waals surface area (Å²) in [6, 6.07) is 7.45. The quantitative estimate of drug-likeness (QED) is 0.827. The molecular weight excluding hydrogens is 260 g/mol. The van der Waals surface area contributed by atoms with E-state index in [1.54, 1.807) is 0 Å². The second kappa shape index (κ2) is 6.49. The summed E-state index contributed by atoms with van der Waals surface area (Å²) >= 11 is 0. The second-order valence-corrected chi connectivity index (χ2v) is 6.81. The molecule has 0 amide bonds. The SMILES string of the molecule is Cc1cc(CNC2CC2)cc(C)c1OCCC(C)(C)C#N. The number of nitrogens with zero attached hydrogens (tertiary/aromatic N) is 1.